The summed E-state index contributed by atoms with van der Waals surface area (Å²) in [5.41, 5.74) is 0.433. The van der Waals surface area contributed by atoms with Gasteiger partial charge in [-0.05, 0) is 12.5 Å². The zero-order valence-electron chi connectivity index (χ0n) is 23.2. The highest BCUT2D eigenvalue weighted by molar-refractivity contribution is 5.76. The van der Waals surface area contributed by atoms with Crippen molar-refractivity contribution in [2.45, 2.75) is 12.8 Å². The molecule has 0 aliphatic carbocycles. The van der Waals surface area contributed by atoms with E-state index in [0.717, 1.165) is 4.73 Å². The lowest BCUT2D eigenvalue weighted by Crippen LogP contribution is -2.49. The number of carbonyl (C=O) groups is 4. The van der Waals surface area contributed by atoms with Crippen LogP contribution in [-0.4, -0.2) is 152 Å². The summed E-state index contributed by atoms with van der Waals surface area (Å²) in [4.78, 5) is 66.0. The maximum atomic E-state index is 13.2. The molecule has 2 heterocycles. The van der Waals surface area contributed by atoms with Crippen LogP contribution in [0.1, 0.15) is 12.8 Å². The third-order valence-electron chi connectivity index (χ3n) is 6.82. The molecule has 1 aromatic heterocycles. The van der Waals surface area contributed by atoms with Gasteiger partial charge in [-0.2, -0.15) is 0 Å². The highest BCUT2D eigenvalue weighted by Crippen LogP contribution is 2.11. The summed E-state index contributed by atoms with van der Waals surface area (Å²) in [6, 6.07) is 6.38. The number of amides is 1. The van der Waals surface area contributed by atoms with Gasteiger partial charge < -0.3 is 30.7 Å². The van der Waals surface area contributed by atoms with E-state index in [9.17, 15) is 44.6 Å². The fourth-order valence-electron chi connectivity index (χ4n) is 4.64. The maximum absolute atomic E-state index is 13.2. The average Bonchev–Trinajstić information content (AvgIpc) is 2.92. The first-order valence-corrected chi connectivity index (χ1v) is 13.5. The minimum Gasteiger partial charge on any atom is -0.480 e. The average molecular weight is 594 g/mol. The van der Waals surface area contributed by atoms with Gasteiger partial charge in [0.25, 0.3) is 0 Å². The molecule has 0 radical (unpaired) electrons. The summed E-state index contributed by atoms with van der Waals surface area (Å²) in [6.07, 6.45) is 0.415. The van der Waals surface area contributed by atoms with E-state index in [-0.39, 0.29) is 108 Å². The molecule has 17 heteroatoms. The summed E-state index contributed by atoms with van der Waals surface area (Å²) in [6.45, 7) is 1.26. The Labute approximate surface area is 240 Å². The van der Waals surface area contributed by atoms with E-state index in [1.165, 1.54) is 6.07 Å². The van der Waals surface area contributed by atoms with Crippen LogP contribution in [0.2, 0.25) is 0 Å². The van der Waals surface area contributed by atoms with Crippen molar-refractivity contribution < 1.29 is 44.2 Å². The smallest absolute Gasteiger partial charge is 0.322 e. The summed E-state index contributed by atoms with van der Waals surface area (Å²) >= 11 is 0. The van der Waals surface area contributed by atoms with Crippen LogP contribution in [0.3, 0.4) is 0 Å². The number of carboxylic acids is 3. The Hall–Kier alpha value is -4.35. The van der Waals surface area contributed by atoms with Crippen LogP contribution in [0.5, 0.6) is 0 Å². The van der Waals surface area contributed by atoms with E-state index < -0.39 is 17.9 Å². The van der Waals surface area contributed by atoms with Gasteiger partial charge in [0.15, 0.2) is 10.1 Å². The predicted octanol–water partition coefficient (Wildman–Crippen LogP) is -1.62. The van der Waals surface area contributed by atoms with Gasteiger partial charge in [-0.25, -0.2) is 0 Å². The highest BCUT2D eigenvalue weighted by Gasteiger charge is 2.22. The van der Waals surface area contributed by atoms with Gasteiger partial charge in [0.05, 0.1) is 29.6 Å². The molecule has 3 rings (SSSR count). The van der Waals surface area contributed by atoms with Crippen molar-refractivity contribution in [2.75, 3.05) is 83.9 Å². The molecule has 0 spiro atoms. The van der Waals surface area contributed by atoms with Crippen LogP contribution in [0, 0.1) is 4.91 Å². The quantitative estimate of drug-likeness (QED) is 0.113. The molecule has 0 unspecified atom stereocenters. The zero-order valence-corrected chi connectivity index (χ0v) is 23.2. The molecule has 1 aromatic carbocycles. The standard InChI is InChI=1S/C25H36N8O9/c34-21(6-3-7-26-25-27-33(42)20-5-2-1-4-19(20)32(25)41)31-14-12-29(17-23(37)38)10-8-28(16-22(35)36)9-11-30(13-15-31)18-24(39)40/h1-2,4-5,41H,3,6-18H2,(H3-,26,27,35,36,37,38,39,40,42)/p+1. The van der Waals surface area contributed by atoms with Crippen molar-refractivity contribution in [3.8, 4) is 0 Å². The minimum atomic E-state index is -1.05. The van der Waals surface area contributed by atoms with Gasteiger partial charge in [0.2, 0.25) is 5.91 Å². The SMILES string of the molecule is O=C(O)CN1CCN(CC(=O)O)CCN(C(=O)CCCNc2n[n+](=O)c3ccccc3n2O)CCN(CC(=O)O)CC1. The molecule has 0 bridgehead atoms. The third-order valence-corrected chi connectivity index (χ3v) is 6.82. The number of benzene rings is 1. The summed E-state index contributed by atoms with van der Waals surface area (Å²) < 4.78 is 1.15. The van der Waals surface area contributed by atoms with Gasteiger partial charge in [-0.15, -0.1) is 4.73 Å². The summed E-state index contributed by atoms with van der Waals surface area (Å²) in [5, 5.41) is 45.0. The van der Waals surface area contributed by atoms with E-state index in [2.05, 4.69) is 10.4 Å². The number of nitrogens with one attached hydrogen (secondary N) is 1. The molecule has 1 amide bonds. The Bertz CT molecular complexity index is 1290. The number of rotatable bonds is 11. The second-order valence-corrected chi connectivity index (χ2v) is 9.92. The number of carbonyl (C=O) groups excluding carboxylic acids is 1. The largest absolute Gasteiger partial charge is 0.480 e. The number of fused-ring (bicyclic) bond motifs is 1. The second kappa shape index (κ2) is 15.6. The van der Waals surface area contributed by atoms with E-state index >= 15 is 0 Å². The summed E-state index contributed by atoms with van der Waals surface area (Å²) in [5.74, 6) is -3.46. The molecular weight excluding hydrogens is 556 g/mol. The molecule has 1 aliphatic heterocycles. The van der Waals surface area contributed by atoms with Crippen molar-refractivity contribution >= 4 is 40.8 Å². The first kappa shape index (κ1) is 32.2. The van der Waals surface area contributed by atoms with Gasteiger partial charge in [-0.1, -0.05) is 12.1 Å². The van der Waals surface area contributed by atoms with Crippen molar-refractivity contribution in [3.63, 3.8) is 0 Å². The number of aromatic nitrogens is 3. The van der Waals surface area contributed by atoms with Crippen molar-refractivity contribution in [3.05, 3.63) is 29.2 Å². The lowest BCUT2D eigenvalue weighted by atomic mass is 10.2. The van der Waals surface area contributed by atoms with Crippen LogP contribution in [0.4, 0.5) is 5.95 Å². The van der Waals surface area contributed by atoms with Crippen LogP contribution < -0.4 is 9.86 Å². The van der Waals surface area contributed by atoms with Gasteiger partial charge in [0.1, 0.15) is 0 Å². The van der Waals surface area contributed by atoms with E-state index in [4.69, 9.17) is 0 Å². The van der Waals surface area contributed by atoms with Crippen LogP contribution >= 0.6 is 0 Å². The van der Waals surface area contributed by atoms with Crippen LogP contribution in [-0.2, 0) is 19.2 Å². The molecule has 2 aromatic rings. The normalized spacial score (nSPS) is 16.4. The fourth-order valence-corrected chi connectivity index (χ4v) is 4.64. The lowest BCUT2D eigenvalue weighted by molar-refractivity contribution is -0.535. The number of nitrogens with zero attached hydrogens (tertiary/aromatic N) is 7. The number of carboxylic acid groups (broad SMARTS) is 3. The van der Waals surface area contributed by atoms with Crippen molar-refractivity contribution in [1.29, 1.82) is 0 Å². The number of hydrogen-bond donors (Lipinski definition) is 5. The number of para-hydroxylation sites is 2. The van der Waals surface area contributed by atoms with Gasteiger partial charge in [0, 0.05) is 71.4 Å². The molecular formula is C25H37N8O9+. The fraction of sp³-hybridized carbons (Fsp3) is 0.560. The van der Waals surface area contributed by atoms with Crippen LogP contribution in [0.25, 0.3) is 11.0 Å². The topological polar surface area (TPSA) is 215 Å². The molecule has 0 saturated carbocycles. The molecule has 1 fully saturated rings. The van der Waals surface area contributed by atoms with Crippen LogP contribution in [0.15, 0.2) is 24.3 Å². The molecule has 17 nitrogen and oxygen atoms in total. The lowest BCUT2D eigenvalue weighted by Gasteiger charge is -2.33. The van der Waals surface area contributed by atoms with Gasteiger partial charge in [-0.3, -0.25) is 33.9 Å². The van der Waals surface area contributed by atoms with Crippen molar-refractivity contribution in [2.24, 2.45) is 0 Å². The molecule has 1 saturated heterocycles. The first-order chi connectivity index (χ1) is 20.0. The van der Waals surface area contributed by atoms with Gasteiger partial charge >= 0.3 is 29.4 Å². The molecule has 230 valence electrons. The Kier molecular flexibility index (Phi) is 11.9. The summed E-state index contributed by atoms with van der Waals surface area (Å²) in [7, 11) is 0. The van der Waals surface area contributed by atoms with E-state index in [0.29, 0.717) is 11.0 Å². The van der Waals surface area contributed by atoms with Crippen molar-refractivity contribution in [1.82, 2.24) is 29.4 Å². The van der Waals surface area contributed by atoms with E-state index in [1.54, 1.807) is 37.8 Å². The number of anilines is 1. The Morgan fingerprint density at radius 2 is 1.26 bits per heavy atom. The molecule has 0 atom stereocenters. The number of aliphatic carboxylic acids is 3. The Balaban J connectivity index is 1.65. The molecule has 1 aliphatic rings. The zero-order chi connectivity index (χ0) is 30.6. The molecule has 5 N–H and O–H groups in total. The Morgan fingerprint density at radius 1 is 0.786 bits per heavy atom. The predicted molar refractivity (Wildman–Crippen MR) is 147 cm³/mol. The highest BCUT2D eigenvalue weighted by atomic mass is 16.5. The van der Waals surface area contributed by atoms with E-state index in [1.807, 2.05) is 0 Å². The third kappa shape index (κ3) is 9.93. The minimum absolute atomic E-state index is 0.0898. The second-order valence-electron chi connectivity index (χ2n) is 9.92. The monoisotopic (exact) mass is 593 g/mol. The molecule has 42 heavy (non-hydrogen) atoms. The maximum Gasteiger partial charge on any atom is 0.322 e. The first-order valence-electron chi connectivity index (χ1n) is 13.5. The Morgan fingerprint density at radius 3 is 1.76 bits per heavy atom. The number of hydrogen-bond acceptors (Lipinski definition) is 11.